The third-order valence-corrected chi connectivity index (χ3v) is 5.92. The molecule has 0 aliphatic heterocycles. The normalized spacial score (nSPS) is 14.8. The molecule has 0 aromatic carbocycles. The van der Waals surface area contributed by atoms with Crippen LogP contribution in [-0.2, 0) is 20.1 Å². The van der Waals surface area contributed by atoms with Crippen LogP contribution < -0.4 is 18.9 Å². The Balaban J connectivity index is 0. The largest absolute Gasteiger partial charge is 1.00 e. The Morgan fingerprint density at radius 2 is 1.24 bits per heavy atom. The number of rotatable bonds is 11. The van der Waals surface area contributed by atoms with Gasteiger partial charge in [0.25, 0.3) is 10.0 Å². The number of aliphatic hydroxyl groups is 1. The molecule has 0 aromatic heterocycles. The van der Waals surface area contributed by atoms with Crippen molar-refractivity contribution < 1.29 is 84.9 Å². The van der Waals surface area contributed by atoms with Crippen LogP contribution in [0.15, 0.2) is 0 Å². The van der Waals surface area contributed by atoms with E-state index >= 15 is 0 Å². The van der Waals surface area contributed by atoms with Crippen molar-refractivity contribution in [3.8, 4) is 0 Å². The summed E-state index contributed by atoms with van der Waals surface area (Å²) in [6.45, 7) is -4.01. The number of hydrogen-bond donors (Lipinski definition) is 1. The molecule has 0 atom stereocenters. The van der Waals surface area contributed by atoms with Crippen molar-refractivity contribution in [3.05, 3.63) is 0 Å². The van der Waals surface area contributed by atoms with Crippen LogP contribution in [0.25, 0.3) is 0 Å². The first-order valence-electron chi connectivity index (χ1n) is 6.91. The van der Waals surface area contributed by atoms with Gasteiger partial charge in [0.15, 0.2) is 0 Å². The maximum atomic E-state index is 13.7. The molecule has 19 heteroatoms. The molecule has 170 valence electrons. The number of unbranched alkanes of at least 4 members (excludes halogenated alkanes) is 1. The van der Waals surface area contributed by atoms with Gasteiger partial charge in [0.05, 0.1) is 16.7 Å². The summed E-state index contributed by atoms with van der Waals surface area (Å²) < 4.78 is 170. The molecule has 0 radical (unpaired) electrons. The second kappa shape index (κ2) is 9.91. The minimum atomic E-state index is -7.43. The van der Waals surface area contributed by atoms with Gasteiger partial charge in [-0.1, -0.05) is 0 Å². The topological polar surface area (TPSA) is 115 Å². The summed E-state index contributed by atoms with van der Waals surface area (Å²) >= 11 is 0. The molecule has 1 N–H and O–H groups in total. The molecule has 0 aliphatic rings. The maximum Gasteiger partial charge on any atom is 1.00 e. The Labute approximate surface area is 171 Å². The first kappa shape index (κ1) is 30.9. The summed E-state index contributed by atoms with van der Waals surface area (Å²) in [5, 5.41) is 1.67. The standard InChI is InChI=1S/C10H14F9NO6S2.Li/c11-7(12,9(15,16)17)8(13,14)10(18,19)28(25,26)20(4-5-21)3-1-2-6-27(22,23)24;/h21H,1-6H2,(H,22,23,24);/q;+1/p-1. The van der Waals surface area contributed by atoms with Crippen LogP contribution in [0.5, 0.6) is 0 Å². The molecule has 0 heterocycles. The van der Waals surface area contributed by atoms with Crippen LogP contribution >= 0.6 is 0 Å². The van der Waals surface area contributed by atoms with E-state index in [0.717, 1.165) is 0 Å². The zero-order valence-corrected chi connectivity index (χ0v) is 16.0. The van der Waals surface area contributed by atoms with E-state index < -0.39 is 86.0 Å². The van der Waals surface area contributed by atoms with Gasteiger partial charge in [0.2, 0.25) is 0 Å². The molecule has 0 saturated carbocycles. The fourth-order valence-corrected chi connectivity index (χ4v) is 3.74. The number of alkyl halides is 9. The molecule has 0 aromatic rings. The molecule has 0 unspecified atom stereocenters. The average molecular weight is 485 g/mol. The van der Waals surface area contributed by atoms with Crippen molar-refractivity contribution >= 4 is 20.1 Å². The van der Waals surface area contributed by atoms with Gasteiger partial charge in [0, 0.05) is 18.8 Å². The van der Waals surface area contributed by atoms with Crippen LogP contribution in [0.2, 0.25) is 0 Å². The van der Waals surface area contributed by atoms with Crippen LogP contribution in [-0.4, -0.2) is 79.5 Å². The van der Waals surface area contributed by atoms with Gasteiger partial charge in [-0.05, 0) is 12.8 Å². The fourth-order valence-electron chi connectivity index (χ4n) is 1.72. The van der Waals surface area contributed by atoms with E-state index in [9.17, 15) is 60.9 Å². The van der Waals surface area contributed by atoms with Crippen molar-refractivity contribution in [2.75, 3.05) is 25.4 Å². The van der Waals surface area contributed by atoms with Gasteiger partial charge in [-0.3, -0.25) is 0 Å². The van der Waals surface area contributed by atoms with Crippen molar-refractivity contribution in [3.63, 3.8) is 0 Å². The minimum absolute atomic E-state index is 0. The summed E-state index contributed by atoms with van der Waals surface area (Å²) in [4.78, 5) is 0. The molecule has 0 rings (SSSR count). The van der Waals surface area contributed by atoms with Crippen molar-refractivity contribution in [1.82, 2.24) is 4.31 Å². The Hall–Kier alpha value is -0.253. The maximum absolute atomic E-state index is 13.7. The Morgan fingerprint density at radius 1 is 0.793 bits per heavy atom. The van der Waals surface area contributed by atoms with Crippen molar-refractivity contribution in [2.24, 2.45) is 0 Å². The Bertz CT molecular complexity index is 741. The summed E-state index contributed by atoms with van der Waals surface area (Å²) in [5.74, 6) is -16.0. The van der Waals surface area contributed by atoms with E-state index in [4.69, 9.17) is 5.11 Å². The van der Waals surface area contributed by atoms with Gasteiger partial charge in [-0.2, -0.15) is 43.8 Å². The smallest absolute Gasteiger partial charge is 0.748 e. The predicted molar refractivity (Wildman–Crippen MR) is 72.3 cm³/mol. The van der Waals surface area contributed by atoms with Crippen molar-refractivity contribution in [1.29, 1.82) is 0 Å². The van der Waals surface area contributed by atoms with Gasteiger partial charge in [-0.25, -0.2) is 16.8 Å². The quantitative estimate of drug-likeness (QED) is 0.163. The van der Waals surface area contributed by atoms with E-state index in [1.165, 1.54) is 0 Å². The average Bonchev–Trinajstić information content (AvgIpc) is 2.47. The minimum Gasteiger partial charge on any atom is -0.748 e. The van der Waals surface area contributed by atoms with Crippen LogP contribution in [0.3, 0.4) is 0 Å². The zero-order chi connectivity index (χ0) is 22.8. The molecule has 0 saturated heterocycles. The number of sulfonamides is 1. The predicted octanol–water partition coefficient (Wildman–Crippen LogP) is -1.63. The van der Waals surface area contributed by atoms with E-state index in [-0.39, 0.29) is 18.9 Å². The van der Waals surface area contributed by atoms with Crippen molar-refractivity contribution in [2.45, 2.75) is 36.1 Å². The second-order valence-corrected chi connectivity index (χ2v) is 8.76. The monoisotopic (exact) mass is 485 g/mol. The number of nitrogens with zero attached hydrogens (tertiary/aromatic N) is 1. The summed E-state index contributed by atoms with van der Waals surface area (Å²) in [5.41, 5.74) is 0. The van der Waals surface area contributed by atoms with E-state index in [0.29, 0.717) is 0 Å². The fraction of sp³-hybridized carbons (Fsp3) is 1.00. The Morgan fingerprint density at radius 3 is 1.59 bits per heavy atom. The Kier molecular flexibility index (Phi) is 10.6. The van der Waals surface area contributed by atoms with Gasteiger partial charge >= 0.3 is 42.1 Å². The molecule has 0 bridgehead atoms. The van der Waals surface area contributed by atoms with Gasteiger partial charge in [-0.15, -0.1) is 0 Å². The van der Waals surface area contributed by atoms with E-state index in [1.807, 2.05) is 0 Å². The van der Waals surface area contributed by atoms with Crippen LogP contribution in [0, 0.1) is 0 Å². The third kappa shape index (κ3) is 6.61. The first-order valence-corrected chi connectivity index (χ1v) is 9.93. The molecular formula is C10H13F9LiNO6S2. The molecular weight excluding hydrogens is 472 g/mol. The molecule has 7 nitrogen and oxygen atoms in total. The molecule has 0 spiro atoms. The molecule has 0 amide bonds. The molecule has 0 fully saturated rings. The van der Waals surface area contributed by atoms with Crippen LogP contribution in [0.4, 0.5) is 39.5 Å². The second-order valence-electron chi connectivity index (χ2n) is 5.26. The summed E-state index contributed by atoms with van der Waals surface area (Å²) in [6.07, 6.45) is -8.65. The van der Waals surface area contributed by atoms with Gasteiger partial charge < -0.3 is 9.66 Å². The summed E-state index contributed by atoms with van der Waals surface area (Å²) in [7, 11) is -11.7. The number of aliphatic hydroxyl groups excluding tert-OH is 1. The van der Waals surface area contributed by atoms with Gasteiger partial charge in [0.1, 0.15) is 0 Å². The number of hydrogen-bond acceptors (Lipinski definition) is 6. The SMILES string of the molecule is O=S(=O)([O-])CCCCN(CCO)S(=O)(=O)C(F)(F)C(F)(F)C(F)(F)C(F)(F)F.[Li+]. The molecule has 29 heavy (non-hydrogen) atoms. The van der Waals surface area contributed by atoms with E-state index in [1.54, 1.807) is 0 Å². The third-order valence-electron chi connectivity index (χ3n) is 3.18. The molecule has 0 aliphatic carbocycles. The van der Waals surface area contributed by atoms with Crippen LogP contribution in [0.1, 0.15) is 12.8 Å². The van der Waals surface area contributed by atoms with E-state index in [2.05, 4.69) is 0 Å². The number of halogens is 9. The zero-order valence-electron chi connectivity index (χ0n) is 14.4. The summed E-state index contributed by atoms with van der Waals surface area (Å²) in [6, 6.07) is 0. The first-order chi connectivity index (χ1) is 12.2.